The second-order valence-corrected chi connectivity index (χ2v) is 7.29. The minimum absolute atomic E-state index is 0.0862. The molecular weight excluding hydrogens is 418 g/mol. The molecule has 1 atom stereocenters. The Balaban J connectivity index is 2.08. The highest BCUT2D eigenvalue weighted by molar-refractivity contribution is 9.11. The molecule has 22 heavy (non-hydrogen) atoms. The SMILES string of the molecule is NC(Cc1cc(Br)c(OC2CCC(O)CC2)c(Br)c1)C(=O)O. The van der Waals surface area contributed by atoms with Crippen LogP contribution in [0.15, 0.2) is 21.1 Å². The van der Waals surface area contributed by atoms with Gasteiger partial charge in [-0.05, 0) is 81.7 Å². The predicted octanol–water partition coefficient (Wildman–Crippen LogP) is 2.85. The van der Waals surface area contributed by atoms with Crippen molar-refractivity contribution in [2.45, 2.75) is 50.4 Å². The molecule has 0 amide bonds. The number of nitrogens with two attached hydrogens (primary N) is 1. The standard InChI is InChI=1S/C15H19Br2NO4/c16-11-5-8(7-13(18)15(20)21)6-12(17)14(11)22-10-3-1-9(19)2-4-10/h5-6,9-10,13,19H,1-4,7,18H2,(H,20,21). The molecule has 0 aromatic heterocycles. The van der Waals surface area contributed by atoms with Gasteiger partial charge in [-0.15, -0.1) is 0 Å². The van der Waals surface area contributed by atoms with E-state index in [0.717, 1.165) is 40.2 Å². The molecule has 1 aromatic carbocycles. The molecule has 0 heterocycles. The molecule has 122 valence electrons. The van der Waals surface area contributed by atoms with E-state index in [1.54, 1.807) is 0 Å². The van der Waals surface area contributed by atoms with Crippen LogP contribution in [0, 0.1) is 0 Å². The van der Waals surface area contributed by atoms with Gasteiger partial charge in [-0.3, -0.25) is 4.79 Å². The smallest absolute Gasteiger partial charge is 0.320 e. The second-order valence-electron chi connectivity index (χ2n) is 5.59. The van der Waals surface area contributed by atoms with Crippen LogP contribution in [0.1, 0.15) is 31.2 Å². The zero-order valence-corrected chi connectivity index (χ0v) is 15.1. The van der Waals surface area contributed by atoms with E-state index in [1.165, 1.54) is 0 Å². The molecule has 0 spiro atoms. The molecule has 0 bridgehead atoms. The fourth-order valence-corrected chi connectivity index (χ4v) is 3.98. The van der Waals surface area contributed by atoms with Crippen LogP contribution >= 0.6 is 31.9 Å². The minimum atomic E-state index is -1.02. The van der Waals surface area contributed by atoms with Gasteiger partial charge < -0.3 is 20.7 Å². The summed E-state index contributed by atoms with van der Waals surface area (Å²) in [6.45, 7) is 0. The van der Waals surface area contributed by atoms with Crippen molar-refractivity contribution in [2.75, 3.05) is 0 Å². The van der Waals surface area contributed by atoms with Crippen LogP contribution in [0.3, 0.4) is 0 Å². The predicted molar refractivity (Wildman–Crippen MR) is 90.0 cm³/mol. The van der Waals surface area contributed by atoms with Gasteiger partial charge in [-0.25, -0.2) is 0 Å². The quantitative estimate of drug-likeness (QED) is 0.659. The van der Waals surface area contributed by atoms with Crippen molar-refractivity contribution in [2.24, 2.45) is 5.73 Å². The Labute approximate surface area is 146 Å². The number of aliphatic hydroxyl groups excluding tert-OH is 1. The first-order valence-corrected chi connectivity index (χ1v) is 8.76. The normalized spacial score (nSPS) is 23.1. The number of aliphatic hydroxyl groups is 1. The van der Waals surface area contributed by atoms with Crippen molar-refractivity contribution in [3.8, 4) is 5.75 Å². The Morgan fingerprint density at radius 2 is 1.82 bits per heavy atom. The van der Waals surface area contributed by atoms with E-state index in [1.807, 2.05) is 12.1 Å². The fourth-order valence-electron chi connectivity index (χ4n) is 2.51. The van der Waals surface area contributed by atoms with Crippen molar-refractivity contribution < 1.29 is 19.7 Å². The lowest BCUT2D eigenvalue weighted by molar-refractivity contribution is -0.138. The molecule has 4 N–H and O–H groups in total. The summed E-state index contributed by atoms with van der Waals surface area (Å²) < 4.78 is 7.55. The van der Waals surface area contributed by atoms with Gasteiger partial charge in [0.15, 0.2) is 0 Å². The molecule has 1 fully saturated rings. The summed E-state index contributed by atoms with van der Waals surface area (Å²) in [7, 11) is 0. The van der Waals surface area contributed by atoms with Crippen LogP contribution in [0.25, 0.3) is 0 Å². The van der Waals surface area contributed by atoms with Crippen LogP contribution in [0.2, 0.25) is 0 Å². The number of ether oxygens (including phenoxy) is 1. The first-order valence-electron chi connectivity index (χ1n) is 7.18. The number of halogens is 2. The number of carboxylic acid groups (broad SMARTS) is 1. The lowest BCUT2D eigenvalue weighted by Gasteiger charge is -2.27. The molecule has 0 saturated heterocycles. The van der Waals surface area contributed by atoms with Gasteiger partial charge in [0.1, 0.15) is 11.8 Å². The van der Waals surface area contributed by atoms with Crippen molar-refractivity contribution in [3.05, 3.63) is 26.6 Å². The number of carbonyl (C=O) groups is 1. The summed E-state index contributed by atoms with van der Waals surface area (Å²) in [5.41, 5.74) is 6.38. The molecule has 1 unspecified atom stereocenters. The summed E-state index contributed by atoms with van der Waals surface area (Å²) in [5, 5.41) is 18.4. The van der Waals surface area contributed by atoms with Gasteiger partial charge in [0.2, 0.25) is 0 Å². The molecule has 5 nitrogen and oxygen atoms in total. The van der Waals surface area contributed by atoms with Crippen molar-refractivity contribution in [3.63, 3.8) is 0 Å². The fraction of sp³-hybridized carbons (Fsp3) is 0.533. The van der Waals surface area contributed by atoms with Gasteiger partial charge >= 0.3 is 5.97 Å². The summed E-state index contributed by atoms with van der Waals surface area (Å²) in [6, 6.07) is 2.74. The Morgan fingerprint density at radius 1 is 1.27 bits per heavy atom. The second kappa shape index (κ2) is 7.77. The maximum absolute atomic E-state index is 10.8. The Hall–Kier alpha value is -0.630. The van der Waals surface area contributed by atoms with Crippen LogP contribution in [0.5, 0.6) is 5.75 Å². The minimum Gasteiger partial charge on any atom is -0.488 e. The number of benzene rings is 1. The van der Waals surface area contributed by atoms with Crippen molar-refractivity contribution in [1.29, 1.82) is 0 Å². The number of hydrogen-bond acceptors (Lipinski definition) is 4. The van der Waals surface area contributed by atoms with Gasteiger partial charge in [0.05, 0.1) is 21.2 Å². The maximum Gasteiger partial charge on any atom is 0.320 e. The van der Waals surface area contributed by atoms with Crippen molar-refractivity contribution in [1.82, 2.24) is 0 Å². The van der Waals surface area contributed by atoms with E-state index >= 15 is 0 Å². The third-order valence-corrected chi connectivity index (χ3v) is 4.94. The Kier molecular flexibility index (Phi) is 6.26. The van der Waals surface area contributed by atoms with Gasteiger partial charge in [0, 0.05) is 0 Å². The zero-order valence-electron chi connectivity index (χ0n) is 12.0. The van der Waals surface area contributed by atoms with Crippen LogP contribution in [0.4, 0.5) is 0 Å². The van der Waals surface area contributed by atoms with E-state index in [0.29, 0.717) is 5.75 Å². The molecule has 1 saturated carbocycles. The van der Waals surface area contributed by atoms with Gasteiger partial charge in [-0.1, -0.05) is 0 Å². The summed E-state index contributed by atoms with van der Waals surface area (Å²) in [6.07, 6.45) is 3.28. The van der Waals surface area contributed by atoms with E-state index in [2.05, 4.69) is 31.9 Å². The maximum atomic E-state index is 10.8. The number of rotatable bonds is 5. The molecular formula is C15H19Br2NO4. The zero-order chi connectivity index (χ0) is 16.3. The summed E-state index contributed by atoms with van der Waals surface area (Å²) >= 11 is 6.94. The van der Waals surface area contributed by atoms with Gasteiger partial charge in [-0.2, -0.15) is 0 Å². The largest absolute Gasteiger partial charge is 0.488 e. The monoisotopic (exact) mass is 435 g/mol. The van der Waals surface area contributed by atoms with E-state index in [-0.39, 0.29) is 18.6 Å². The third kappa shape index (κ3) is 4.68. The van der Waals surface area contributed by atoms with E-state index in [9.17, 15) is 9.90 Å². The Morgan fingerprint density at radius 3 is 2.32 bits per heavy atom. The molecule has 2 rings (SSSR count). The molecule has 7 heteroatoms. The lowest BCUT2D eigenvalue weighted by atomic mass is 9.95. The van der Waals surface area contributed by atoms with Crippen LogP contribution < -0.4 is 10.5 Å². The van der Waals surface area contributed by atoms with Gasteiger partial charge in [0.25, 0.3) is 0 Å². The van der Waals surface area contributed by atoms with E-state index < -0.39 is 12.0 Å². The summed E-state index contributed by atoms with van der Waals surface area (Å²) in [5.74, 6) is -0.317. The topological polar surface area (TPSA) is 92.8 Å². The average molecular weight is 437 g/mol. The molecule has 1 aliphatic carbocycles. The third-order valence-electron chi connectivity index (χ3n) is 3.76. The lowest BCUT2D eigenvalue weighted by Crippen LogP contribution is -2.32. The highest BCUT2D eigenvalue weighted by Crippen LogP contribution is 2.37. The number of aliphatic carboxylic acids is 1. The first kappa shape index (κ1) is 17.7. The molecule has 1 aliphatic rings. The highest BCUT2D eigenvalue weighted by Gasteiger charge is 2.23. The molecule has 1 aromatic rings. The number of hydrogen-bond donors (Lipinski definition) is 3. The van der Waals surface area contributed by atoms with Crippen LogP contribution in [-0.2, 0) is 11.2 Å². The average Bonchev–Trinajstić information content (AvgIpc) is 2.44. The number of carboxylic acids is 1. The van der Waals surface area contributed by atoms with E-state index in [4.69, 9.17) is 15.6 Å². The Bertz CT molecular complexity index is 521. The molecule has 0 radical (unpaired) electrons. The molecule has 0 aliphatic heterocycles. The highest BCUT2D eigenvalue weighted by atomic mass is 79.9. The summed E-state index contributed by atoms with van der Waals surface area (Å²) in [4.78, 5) is 10.8. The van der Waals surface area contributed by atoms with Crippen LogP contribution in [-0.4, -0.2) is 34.4 Å². The van der Waals surface area contributed by atoms with Crippen molar-refractivity contribution >= 4 is 37.8 Å². The first-order chi connectivity index (χ1) is 10.4.